The molecule has 10 heteroatoms. The predicted molar refractivity (Wildman–Crippen MR) is 138 cm³/mol. The van der Waals surface area contributed by atoms with Crippen molar-refractivity contribution < 1.29 is 14.3 Å². The Balaban J connectivity index is 1.35. The van der Waals surface area contributed by atoms with Crippen LogP contribution in [0.25, 0.3) is 11.3 Å². The Labute approximate surface area is 211 Å². The Morgan fingerprint density at radius 3 is 2.74 bits per heavy atom. The fourth-order valence-electron chi connectivity index (χ4n) is 4.64. The molecule has 1 aliphatic carbocycles. The molecule has 0 bridgehead atoms. The summed E-state index contributed by atoms with van der Waals surface area (Å²) >= 11 is 6.51. The Morgan fingerprint density at radius 1 is 1.23 bits per heavy atom. The number of alkyl carbamates (subject to hydrolysis) is 1. The monoisotopic (exact) mass is 502 g/mol. The molecule has 2 aliphatic rings. The second-order valence-electron chi connectivity index (χ2n) is 9.52. The molecular weight excluding hydrogens is 468 g/mol. The number of anilines is 2. The van der Waals surface area contributed by atoms with E-state index in [0.29, 0.717) is 43.3 Å². The summed E-state index contributed by atoms with van der Waals surface area (Å²) in [4.78, 5) is 20.6. The van der Waals surface area contributed by atoms with Crippen LogP contribution >= 0.6 is 11.6 Å². The largest absolute Gasteiger partial charge is 0.453 e. The van der Waals surface area contributed by atoms with Crippen molar-refractivity contribution in [3.05, 3.63) is 35.5 Å². The zero-order valence-corrected chi connectivity index (χ0v) is 20.9. The van der Waals surface area contributed by atoms with Gasteiger partial charge in [-0.25, -0.2) is 14.8 Å². The van der Waals surface area contributed by atoms with Crippen LogP contribution < -0.4 is 21.7 Å². The molecule has 1 saturated heterocycles. The van der Waals surface area contributed by atoms with Crippen LogP contribution in [-0.2, 0) is 9.47 Å². The first kappa shape index (κ1) is 25.5. The standard InChI is InChI=1S/C25H35ClN6O3/c1-34-24(33)29-14-17-5-7-18(8-6-17)31-23-13-19(20(26)15-28-23)21-3-2-4-22(32-21)30-16-25(27)9-11-35-12-10-25/h2-4,13,15,17-18H,5-12,14,16,27H2,1H3,(H,28,31)(H,29,33)(H,30,32)/t17-,18-. The second-order valence-corrected chi connectivity index (χ2v) is 9.93. The first-order valence-corrected chi connectivity index (χ1v) is 12.6. The SMILES string of the molecule is COC(=O)NC[C@H]1CC[C@H](Nc2cc(-c3cccc(NCC4(N)CCOCC4)n3)c(Cl)cn2)CC1. The van der Waals surface area contributed by atoms with E-state index < -0.39 is 0 Å². The molecule has 2 aromatic heterocycles. The second kappa shape index (κ2) is 11.9. The Kier molecular flexibility index (Phi) is 8.64. The highest BCUT2D eigenvalue weighted by atomic mass is 35.5. The fraction of sp³-hybridized carbons (Fsp3) is 0.560. The average molecular weight is 503 g/mol. The Morgan fingerprint density at radius 2 is 2.00 bits per heavy atom. The van der Waals surface area contributed by atoms with Crippen LogP contribution in [0.15, 0.2) is 30.5 Å². The number of pyridine rings is 2. The number of nitrogens with zero attached hydrogens (tertiary/aromatic N) is 2. The molecule has 0 aromatic carbocycles. The van der Waals surface area contributed by atoms with Gasteiger partial charge in [0.2, 0.25) is 0 Å². The first-order chi connectivity index (χ1) is 16.9. The van der Waals surface area contributed by atoms with Crippen LogP contribution in [0.1, 0.15) is 38.5 Å². The number of carbonyl (C=O) groups is 1. The van der Waals surface area contributed by atoms with Crippen molar-refractivity contribution in [2.75, 3.05) is 44.0 Å². The van der Waals surface area contributed by atoms with E-state index in [1.807, 2.05) is 24.3 Å². The van der Waals surface area contributed by atoms with Crippen LogP contribution in [0.3, 0.4) is 0 Å². The molecule has 35 heavy (non-hydrogen) atoms. The number of rotatable bonds is 8. The number of halogens is 1. The summed E-state index contributed by atoms with van der Waals surface area (Å²) in [6.07, 6.45) is 7.04. The number of nitrogens with one attached hydrogen (secondary N) is 3. The van der Waals surface area contributed by atoms with E-state index in [9.17, 15) is 4.79 Å². The van der Waals surface area contributed by atoms with E-state index >= 15 is 0 Å². The van der Waals surface area contributed by atoms with Gasteiger partial charge >= 0.3 is 6.09 Å². The van der Waals surface area contributed by atoms with E-state index in [-0.39, 0.29) is 11.6 Å². The van der Waals surface area contributed by atoms with Crippen molar-refractivity contribution in [2.45, 2.75) is 50.1 Å². The van der Waals surface area contributed by atoms with Gasteiger partial charge in [0.15, 0.2) is 0 Å². The van der Waals surface area contributed by atoms with Gasteiger partial charge in [0.05, 0.1) is 17.8 Å². The van der Waals surface area contributed by atoms with Crippen LogP contribution in [0, 0.1) is 5.92 Å². The zero-order valence-electron chi connectivity index (χ0n) is 20.2. The summed E-state index contributed by atoms with van der Waals surface area (Å²) in [6, 6.07) is 8.14. The van der Waals surface area contributed by atoms with Crippen molar-refractivity contribution in [1.29, 1.82) is 0 Å². The maximum atomic E-state index is 11.3. The Hall–Kier alpha value is -2.62. The lowest BCUT2D eigenvalue weighted by molar-refractivity contribution is 0.0574. The smallest absolute Gasteiger partial charge is 0.406 e. The van der Waals surface area contributed by atoms with Gasteiger partial charge in [-0.05, 0) is 62.6 Å². The zero-order chi connectivity index (χ0) is 24.7. The fourth-order valence-corrected chi connectivity index (χ4v) is 4.84. The summed E-state index contributed by atoms with van der Waals surface area (Å²) in [5, 5.41) is 10.3. The van der Waals surface area contributed by atoms with Crippen molar-refractivity contribution in [2.24, 2.45) is 11.7 Å². The average Bonchev–Trinajstić information content (AvgIpc) is 2.88. The highest BCUT2D eigenvalue weighted by molar-refractivity contribution is 6.33. The molecule has 3 heterocycles. The minimum atomic E-state index is -0.373. The highest BCUT2D eigenvalue weighted by Gasteiger charge is 2.28. The van der Waals surface area contributed by atoms with E-state index in [1.54, 1.807) is 6.20 Å². The number of carbonyl (C=O) groups excluding carboxylic acids is 1. The quantitative estimate of drug-likeness (QED) is 0.426. The molecule has 9 nitrogen and oxygen atoms in total. The molecule has 0 atom stereocenters. The summed E-state index contributed by atoms with van der Waals surface area (Å²) in [7, 11) is 1.38. The normalized spacial score (nSPS) is 21.7. The number of amides is 1. The molecule has 5 N–H and O–H groups in total. The lowest BCUT2D eigenvalue weighted by Gasteiger charge is -2.33. The van der Waals surface area contributed by atoms with Gasteiger partial charge in [-0.1, -0.05) is 17.7 Å². The number of hydrogen-bond donors (Lipinski definition) is 4. The summed E-state index contributed by atoms with van der Waals surface area (Å²) in [5.41, 5.74) is 7.83. The van der Waals surface area contributed by atoms with Gasteiger partial charge in [-0.2, -0.15) is 0 Å². The van der Waals surface area contributed by atoms with Gasteiger partial charge in [-0.3, -0.25) is 0 Å². The molecular formula is C25H35ClN6O3. The number of nitrogens with two attached hydrogens (primary N) is 1. The number of ether oxygens (including phenoxy) is 2. The summed E-state index contributed by atoms with van der Waals surface area (Å²) < 4.78 is 10.1. The third-order valence-corrected chi connectivity index (χ3v) is 7.21. The molecule has 4 rings (SSSR count). The molecule has 1 amide bonds. The number of aromatic nitrogens is 2. The summed E-state index contributed by atoms with van der Waals surface area (Å²) in [5.74, 6) is 2.01. The summed E-state index contributed by atoms with van der Waals surface area (Å²) in [6.45, 7) is 2.68. The molecule has 1 aliphatic heterocycles. The van der Waals surface area contributed by atoms with Crippen LogP contribution in [0.5, 0.6) is 0 Å². The minimum absolute atomic E-state index is 0.282. The lowest BCUT2D eigenvalue weighted by atomic mass is 9.86. The first-order valence-electron chi connectivity index (χ1n) is 12.3. The van der Waals surface area contributed by atoms with Crippen LogP contribution in [0.4, 0.5) is 16.4 Å². The van der Waals surface area contributed by atoms with Crippen molar-refractivity contribution in [1.82, 2.24) is 15.3 Å². The maximum absolute atomic E-state index is 11.3. The Bertz CT molecular complexity index is 993. The number of methoxy groups -OCH3 is 1. The molecule has 0 radical (unpaired) electrons. The number of hydrogen-bond acceptors (Lipinski definition) is 8. The van der Waals surface area contributed by atoms with Crippen molar-refractivity contribution >= 4 is 29.3 Å². The molecule has 0 spiro atoms. The van der Waals surface area contributed by atoms with Gasteiger partial charge in [-0.15, -0.1) is 0 Å². The van der Waals surface area contributed by atoms with Gasteiger partial charge in [0.1, 0.15) is 11.6 Å². The molecule has 2 aromatic rings. The lowest BCUT2D eigenvalue weighted by Crippen LogP contribution is -2.50. The van der Waals surface area contributed by atoms with E-state index in [4.69, 9.17) is 27.1 Å². The molecule has 190 valence electrons. The van der Waals surface area contributed by atoms with Gasteiger partial charge in [0.25, 0.3) is 0 Å². The third-order valence-electron chi connectivity index (χ3n) is 6.91. The predicted octanol–water partition coefficient (Wildman–Crippen LogP) is 4.04. The van der Waals surface area contributed by atoms with Crippen molar-refractivity contribution in [3.8, 4) is 11.3 Å². The van der Waals surface area contributed by atoms with E-state index in [1.165, 1.54) is 7.11 Å². The maximum Gasteiger partial charge on any atom is 0.406 e. The van der Waals surface area contributed by atoms with Crippen LogP contribution in [0.2, 0.25) is 5.02 Å². The molecule has 0 unspecified atom stereocenters. The molecule has 2 fully saturated rings. The highest BCUT2D eigenvalue weighted by Crippen LogP contribution is 2.31. The molecule has 1 saturated carbocycles. The van der Waals surface area contributed by atoms with Crippen molar-refractivity contribution in [3.63, 3.8) is 0 Å². The van der Waals surface area contributed by atoms with Gasteiger partial charge in [0, 0.05) is 49.6 Å². The topological polar surface area (TPSA) is 123 Å². The van der Waals surface area contributed by atoms with Gasteiger partial charge < -0.3 is 31.2 Å². The van der Waals surface area contributed by atoms with E-state index in [2.05, 4.69) is 25.7 Å². The van der Waals surface area contributed by atoms with E-state index in [0.717, 1.165) is 61.4 Å². The third kappa shape index (κ3) is 7.19. The van der Waals surface area contributed by atoms with Crippen LogP contribution in [-0.4, -0.2) is 61.1 Å². The minimum Gasteiger partial charge on any atom is -0.453 e.